The van der Waals surface area contributed by atoms with Gasteiger partial charge in [-0.3, -0.25) is 9.59 Å². The van der Waals surface area contributed by atoms with Gasteiger partial charge in [0.15, 0.2) is 0 Å². The molecule has 10 heteroatoms. The van der Waals surface area contributed by atoms with Crippen LogP contribution < -0.4 is 50.6 Å². The summed E-state index contributed by atoms with van der Waals surface area (Å²) >= 11 is 0. The number of hydrogen-bond acceptors (Lipinski definition) is 6. The first kappa shape index (κ1) is 32.9. The van der Waals surface area contributed by atoms with Gasteiger partial charge in [-0.2, -0.15) is 0 Å². The summed E-state index contributed by atoms with van der Waals surface area (Å²) in [6, 6.07) is 17.8. The third kappa shape index (κ3) is 15.2. The maximum atomic E-state index is 12.7. The zero-order chi connectivity index (χ0) is 26.7. The van der Waals surface area contributed by atoms with Gasteiger partial charge in [-0.15, -0.1) is 0 Å². The van der Waals surface area contributed by atoms with Crippen molar-refractivity contribution in [2.75, 3.05) is 13.1 Å². The van der Waals surface area contributed by atoms with Gasteiger partial charge in [0.2, 0.25) is 11.8 Å². The summed E-state index contributed by atoms with van der Waals surface area (Å²) in [7, 11) is 0. The number of hydrogen-bond donors (Lipinski definition) is 3. The van der Waals surface area contributed by atoms with Crippen LogP contribution in [0, 0.1) is 0 Å². The smallest absolute Gasteiger partial charge is 0.550 e. The molecule has 0 heterocycles. The van der Waals surface area contributed by atoms with Gasteiger partial charge in [0.1, 0.15) is 12.6 Å². The SMILES string of the molecule is O=C([O-])CCCCCNC(=O)[C@H](CCCNC(=O)OCc1ccccc1)NC(=O)C=Cc1ccccc1.[Na+]. The Kier molecular flexibility index (Phi) is 17.2. The molecule has 198 valence electrons. The molecule has 0 bridgehead atoms. The van der Waals surface area contributed by atoms with Crippen LogP contribution in [0.25, 0.3) is 6.08 Å². The van der Waals surface area contributed by atoms with Gasteiger partial charge < -0.3 is 30.6 Å². The van der Waals surface area contributed by atoms with Crippen LogP contribution in [0.15, 0.2) is 66.7 Å². The van der Waals surface area contributed by atoms with Crippen molar-refractivity contribution in [1.29, 1.82) is 0 Å². The molecule has 0 unspecified atom stereocenters. The normalized spacial score (nSPS) is 11.2. The number of alkyl carbamates (subject to hydrolysis) is 1. The number of nitrogens with one attached hydrogen (secondary N) is 3. The molecule has 0 aromatic heterocycles. The first-order valence-electron chi connectivity index (χ1n) is 12.4. The Bertz CT molecular complexity index is 1020. The number of rotatable bonds is 16. The number of benzene rings is 2. The number of carbonyl (C=O) groups is 4. The van der Waals surface area contributed by atoms with E-state index in [1.165, 1.54) is 6.08 Å². The molecule has 0 radical (unpaired) electrons. The first-order chi connectivity index (χ1) is 17.9. The monoisotopic (exact) mass is 531 g/mol. The van der Waals surface area contributed by atoms with Crippen molar-refractivity contribution in [3.05, 3.63) is 77.9 Å². The summed E-state index contributed by atoms with van der Waals surface area (Å²) in [5.74, 6) is -1.84. The maximum absolute atomic E-state index is 12.7. The fourth-order valence-electron chi connectivity index (χ4n) is 3.40. The van der Waals surface area contributed by atoms with E-state index in [0.29, 0.717) is 38.6 Å². The number of ether oxygens (including phenoxy) is 1. The van der Waals surface area contributed by atoms with E-state index < -0.39 is 24.0 Å². The molecule has 38 heavy (non-hydrogen) atoms. The molecule has 0 aliphatic rings. The number of amides is 3. The molecule has 1 atom stereocenters. The van der Waals surface area contributed by atoms with Crippen molar-refractivity contribution in [3.63, 3.8) is 0 Å². The summed E-state index contributed by atoms with van der Waals surface area (Å²) in [4.78, 5) is 47.6. The third-order valence-corrected chi connectivity index (χ3v) is 5.37. The van der Waals surface area contributed by atoms with Gasteiger partial charge in [0.25, 0.3) is 0 Å². The fraction of sp³-hybridized carbons (Fsp3) is 0.357. The van der Waals surface area contributed by atoms with Crippen LogP contribution in [-0.2, 0) is 25.7 Å². The van der Waals surface area contributed by atoms with E-state index in [4.69, 9.17) is 4.74 Å². The predicted octanol–water partition coefficient (Wildman–Crippen LogP) is -0.678. The zero-order valence-corrected chi connectivity index (χ0v) is 23.8. The summed E-state index contributed by atoms with van der Waals surface area (Å²) < 4.78 is 5.17. The van der Waals surface area contributed by atoms with Crippen LogP contribution in [0.4, 0.5) is 4.79 Å². The minimum absolute atomic E-state index is 0. The molecule has 0 spiro atoms. The number of carboxylic acid groups (broad SMARTS) is 1. The van der Waals surface area contributed by atoms with Crippen molar-refractivity contribution < 1.29 is 58.6 Å². The standard InChI is InChI=1S/C28H35N3O6.Na/c32-25(18-17-22-11-4-1-5-12-22)31-24(27(35)29-19-9-3-8-16-26(33)34)15-10-20-30-28(36)37-21-23-13-6-2-7-14-23;/h1-2,4-7,11-14,17-18,24H,3,8-10,15-16,19-21H2,(H,29,35)(H,30,36)(H,31,32)(H,33,34);/q;+1/p-1/t24-;/m0./s1. The summed E-state index contributed by atoms with van der Waals surface area (Å²) in [6.45, 7) is 0.795. The maximum Gasteiger partial charge on any atom is 1.00 e. The van der Waals surface area contributed by atoms with Crippen LogP contribution in [0.3, 0.4) is 0 Å². The van der Waals surface area contributed by atoms with Crippen molar-refractivity contribution >= 4 is 30.0 Å². The molecule has 9 nitrogen and oxygen atoms in total. The van der Waals surface area contributed by atoms with E-state index in [1.54, 1.807) is 6.08 Å². The minimum atomic E-state index is -1.09. The van der Waals surface area contributed by atoms with Crippen LogP contribution in [0.5, 0.6) is 0 Å². The molecule has 3 amide bonds. The average Bonchev–Trinajstić information content (AvgIpc) is 2.90. The largest absolute Gasteiger partial charge is 1.00 e. The van der Waals surface area contributed by atoms with Crippen molar-refractivity contribution in [2.24, 2.45) is 0 Å². The molecule has 2 aromatic carbocycles. The molecule has 3 N–H and O–H groups in total. The van der Waals surface area contributed by atoms with Gasteiger partial charge in [-0.1, -0.05) is 67.1 Å². The van der Waals surface area contributed by atoms with E-state index in [-0.39, 0.29) is 55.0 Å². The van der Waals surface area contributed by atoms with E-state index in [0.717, 1.165) is 11.1 Å². The topological polar surface area (TPSA) is 137 Å². The third-order valence-electron chi connectivity index (χ3n) is 5.37. The van der Waals surface area contributed by atoms with Gasteiger partial charge in [-0.25, -0.2) is 4.79 Å². The molecule has 2 rings (SSSR count). The Morgan fingerprint density at radius 2 is 1.50 bits per heavy atom. The predicted molar refractivity (Wildman–Crippen MR) is 138 cm³/mol. The number of carbonyl (C=O) groups excluding carboxylic acids is 4. The molecular formula is C28H34N3NaO6. The second-order valence-corrected chi connectivity index (χ2v) is 8.41. The Hall–Kier alpha value is -3.14. The van der Waals surface area contributed by atoms with Gasteiger partial charge >= 0.3 is 35.7 Å². The van der Waals surface area contributed by atoms with Crippen LogP contribution in [0.2, 0.25) is 0 Å². The zero-order valence-electron chi connectivity index (χ0n) is 21.8. The quantitative estimate of drug-likeness (QED) is 0.149. The summed E-state index contributed by atoms with van der Waals surface area (Å²) in [5, 5.41) is 18.6. The molecule has 0 aliphatic carbocycles. The first-order valence-corrected chi connectivity index (χ1v) is 12.4. The molecule has 0 fully saturated rings. The number of unbranched alkanes of at least 4 members (excludes halogenated alkanes) is 2. The van der Waals surface area contributed by atoms with Crippen molar-refractivity contribution in [3.8, 4) is 0 Å². The number of carboxylic acids is 1. The summed E-state index contributed by atoms with van der Waals surface area (Å²) in [6.07, 6.45) is 4.93. The van der Waals surface area contributed by atoms with Crippen molar-refractivity contribution in [1.82, 2.24) is 16.0 Å². The van der Waals surface area contributed by atoms with E-state index in [2.05, 4.69) is 16.0 Å². The Balaban J connectivity index is 0.00000722. The van der Waals surface area contributed by atoms with Crippen molar-refractivity contribution in [2.45, 2.75) is 51.2 Å². The van der Waals surface area contributed by atoms with Crippen LogP contribution in [0.1, 0.15) is 49.7 Å². The molecule has 0 aliphatic heterocycles. The Morgan fingerprint density at radius 1 is 0.842 bits per heavy atom. The van der Waals surface area contributed by atoms with Gasteiger partial charge in [0, 0.05) is 25.1 Å². The second-order valence-electron chi connectivity index (χ2n) is 8.41. The van der Waals surface area contributed by atoms with E-state index >= 15 is 0 Å². The van der Waals surface area contributed by atoms with E-state index in [9.17, 15) is 24.3 Å². The molecule has 2 aromatic rings. The molecular weight excluding hydrogens is 497 g/mol. The average molecular weight is 532 g/mol. The van der Waals surface area contributed by atoms with Gasteiger partial charge in [0.05, 0.1) is 0 Å². The molecule has 0 saturated heterocycles. The van der Waals surface area contributed by atoms with Crippen LogP contribution in [-0.4, -0.2) is 43.0 Å². The summed E-state index contributed by atoms with van der Waals surface area (Å²) in [5.41, 5.74) is 1.73. The Labute approximate surface area is 245 Å². The van der Waals surface area contributed by atoms with E-state index in [1.807, 2.05) is 60.7 Å². The number of aliphatic carboxylic acids is 1. The second kappa shape index (κ2) is 19.9. The Morgan fingerprint density at radius 3 is 2.18 bits per heavy atom. The molecule has 0 saturated carbocycles. The fourth-order valence-corrected chi connectivity index (χ4v) is 3.40. The minimum Gasteiger partial charge on any atom is -0.550 e. The van der Waals surface area contributed by atoms with Gasteiger partial charge in [-0.05, 0) is 49.3 Å². The van der Waals surface area contributed by atoms with Crippen LogP contribution >= 0.6 is 0 Å².